The fourth-order valence-corrected chi connectivity index (χ4v) is 0.638. The highest BCUT2D eigenvalue weighted by Gasteiger charge is 2.09. The van der Waals surface area contributed by atoms with Crippen molar-refractivity contribution in [2.75, 3.05) is 6.54 Å². The summed E-state index contributed by atoms with van der Waals surface area (Å²) >= 11 is 0. The summed E-state index contributed by atoms with van der Waals surface area (Å²) in [4.78, 5) is 4.06. The SMILES string of the molecule is CCC(C=NCC(C)(C)O)=CN. The van der Waals surface area contributed by atoms with Crippen molar-refractivity contribution in [2.45, 2.75) is 32.8 Å². The molecular weight excluding hydrogens is 152 g/mol. The third-order valence-electron chi connectivity index (χ3n) is 1.36. The van der Waals surface area contributed by atoms with Crippen LogP contribution >= 0.6 is 0 Å². The van der Waals surface area contributed by atoms with E-state index in [2.05, 4.69) is 4.99 Å². The number of hydrogen-bond acceptors (Lipinski definition) is 3. The van der Waals surface area contributed by atoms with Crippen LogP contribution in [0.3, 0.4) is 0 Å². The van der Waals surface area contributed by atoms with Crippen LogP contribution in [-0.2, 0) is 0 Å². The predicted octanol–water partition coefficient (Wildman–Crippen LogP) is 1.08. The van der Waals surface area contributed by atoms with Crippen molar-refractivity contribution in [1.29, 1.82) is 0 Å². The minimum Gasteiger partial charge on any atom is -0.404 e. The fraction of sp³-hybridized carbons (Fsp3) is 0.667. The minimum atomic E-state index is -0.732. The van der Waals surface area contributed by atoms with E-state index >= 15 is 0 Å². The van der Waals surface area contributed by atoms with Crippen molar-refractivity contribution in [1.82, 2.24) is 0 Å². The quantitative estimate of drug-likeness (QED) is 0.620. The minimum absolute atomic E-state index is 0.407. The zero-order valence-electron chi connectivity index (χ0n) is 8.04. The molecule has 0 heterocycles. The molecule has 0 aromatic heterocycles. The Kier molecular flexibility index (Phi) is 4.59. The lowest BCUT2D eigenvalue weighted by molar-refractivity contribution is 0.0906. The van der Waals surface area contributed by atoms with Gasteiger partial charge in [-0.2, -0.15) is 0 Å². The van der Waals surface area contributed by atoms with E-state index in [1.54, 1.807) is 20.1 Å². The maximum absolute atomic E-state index is 9.31. The first-order valence-corrected chi connectivity index (χ1v) is 4.12. The molecule has 0 radical (unpaired) electrons. The summed E-state index contributed by atoms with van der Waals surface area (Å²) in [6.07, 6.45) is 4.11. The number of nitrogens with two attached hydrogens (primary N) is 1. The molecule has 0 aliphatic heterocycles. The molecule has 0 amide bonds. The van der Waals surface area contributed by atoms with E-state index < -0.39 is 5.60 Å². The normalized spacial score (nSPS) is 14.2. The lowest BCUT2D eigenvalue weighted by atomic mass is 10.1. The van der Waals surface area contributed by atoms with Crippen LogP contribution in [0.4, 0.5) is 0 Å². The highest BCUT2D eigenvalue weighted by atomic mass is 16.3. The molecule has 70 valence electrons. The number of rotatable bonds is 4. The van der Waals surface area contributed by atoms with Crippen LogP contribution in [0.5, 0.6) is 0 Å². The summed E-state index contributed by atoms with van der Waals surface area (Å²) in [6, 6.07) is 0. The van der Waals surface area contributed by atoms with E-state index in [4.69, 9.17) is 5.73 Å². The molecule has 0 aliphatic carbocycles. The highest BCUT2D eigenvalue weighted by molar-refractivity contribution is 5.78. The van der Waals surface area contributed by atoms with Crippen molar-refractivity contribution in [3.63, 3.8) is 0 Å². The highest BCUT2D eigenvalue weighted by Crippen LogP contribution is 2.01. The molecular formula is C9H18N2O. The van der Waals surface area contributed by atoms with Gasteiger partial charge in [0, 0.05) is 6.21 Å². The Morgan fingerprint density at radius 3 is 2.50 bits per heavy atom. The summed E-state index contributed by atoms with van der Waals surface area (Å²) in [5.41, 5.74) is 5.57. The van der Waals surface area contributed by atoms with Crippen molar-refractivity contribution >= 4 is 6.21 Å². The summed E-state index contributed by atoms with van der Waals surface area (Å²) in [7, 11) is 0. The van der Waals surface area contributed by atoms with Gasteiger partial charge in [-0.1, -0.05) is 6.92 Å². The first-order valence-electron chi connectivity index (χ1n) is 4.12. The van der Waals surface area contributed by atoms with E-state index in [9.17, 15) is 5.11 Å². The lowest BCUT2D eigenvalue weighted by Crippen LogP contribution is -2.22. The van der Waals surface area contributed by atoms with Crippen molar-refractivity contribution in [3.8, 4) is 0 Å². The third kappa shape index (κ3) is 5.92. The monoisotopic (exact) mass is 170 g/mol. The van der Waals surface area contributed by atoms with Crippen LogP contribution in [0.2, 0.25) is 0 Å². The van der Waals surface area contributed by atoms with Gasteiger partial charge in [-0.05, 0) is 32.0 Å². The van der Waals surface area contributed by atoms with E-state index in [1.807, 2.05) is 6.92 Å². The van der Waals surface area contributed by atoms with Gasteiger partial charge in [0.1, 0.15) is 0 Å². The van der Waals surface area contributed by atoms with E-state index in [0.29, 0.717) is 6.54 Å². The van der Waals surface area contributed by atoms with E-state index in [1.165, 1.54) is 6.20 Å². The third-order valence-corrected chi connectivity index (χ3v) is 1.36. The molecule has 0 aromatic carbocycles. The smallest absolute Gasteiger partial charge is 0.0786 e. The Labute approximate surface area is 74.0 Å². The Bertz CT molecular complexity index is 177. The standard InChI is InChI=1S/C9H18N2O/c1-4-8(5-10)6-11-7-9(2,3)12/h5-6,12H,4,7,10H2,1-3H3. The predicted molar refractivity (Wildman–Crippen MR) is 52.2 cm³/mol. The molecule has 0 atom stereocenters. The van der Waals surface area contributed by atoms with Crippen molar-refractivity contribution in [2.24, 2.45) is 10.7 Å². The van der Waals surface area contributed by atoms with Crippen LogP contribution in [0.1, 0.15) is 27.2 Å². The number of hydrogen-bond donors (Lipinski definition) is 2. The number of nitrogens with zero attached hydrogens (tertiary/aromatic N) is 1. The number of aliphatic hydroxyl groups is 1. The topological polar surface area (TPSA) is 58.6 Å². The van der Waals surface area contributed by atoms with Gasteiger partial charge in [-0.3, -0.25) is 4.99 Å². The Hall–Kier alpha value is -0.830. The Morgan fingerprint density at radius 2 is 2.17 bits per heavy atom. The summed E-state index contributed by atoms with van der Waals surface area (Å²) in [5.74, 6) is 0. The maximum atomic E-state index is 9.31. The molecule has 3 heteroatoms. The van der Waals surface area contributed by atoms with E-state index in [0.717, 1.165) is 12.0 Å². The summed E-state index contributed by atoms with van der Waals surface area (Å²) < 4.78 is 0. The summed E-state index contributed by atoms with van der Waals surface area (Å²) in [5, 5.41) is 9.31. The van der Waals surface area contributed by atoms with Gasteiger partial charge >= 0.3 is 0 Å². The molecule has 0 aromatic rings. The van der Waals surface area contributed by atoms with Gasteiger partial charge in [-0.15, -0.1) is 0 Å². The number of aliphatic imine (C=N–C) groups is 1. The van der Waals surface area contributed by atoms with Crippen LogP contribution in [0.15, 0.2) is 16.8 Å². The average Bonchev–Trinajstić information content (AvgIpc) is 1.96. The van der Waals surface area contributed by atoms with Gasteiger partial charge in [0.25, 0.3) is 0 Å². The number of allylic oxidation sites excluding steroid dienone is 1. The van der Waals surface area contributed by atoms with Gasteiger partial charge < -0.3 is 10.8 Å². The van der Waals surface area contributed by atoms with Crippen LogP contribution < -0.4 is 5.73 Å². The van der Waals surface area contributed by atoms with Gasteiger partial charge in [0.15, 0.2) is 0 Å². The van der Waals surface area contributed by atoms with Crippen LogP contribution in [0.25, 0.3) is 0 Å². The molecule has 0 fully saturated rings. The molecule has 3 N–H and O–H groups in total. The van der Waals surface area contributed by atoms with Crippen molar-refractivity contribution in [3.05, 3.63) is 11.8 Å². The molecule has 12 heavy (non-hydrogen) atoms. The molecule has 0 aliphatic rings. The van der Waals surface area contributed by atoms with Crippen molar-refractivity contribution < 1.29 is 5.11 Å². The second-order valence-corrected chi connectivity index (χ2v) is 3.38. The molecule has 0 unspecified atom stereocenters. The molecule has 0 saturated carbocycles. The lowest BCUT2D eigenvalue weighted by Gasteiger charge is -2.12. The first-order chi connectivity index (χ1) is 5.49. The van der Waals surface area contributed by atoms with Gasteiger partial charge in [0.05, 0.1) is 12.1 Å². The largest absolute Gasteiger partial charge is 0.404 e. The summed E-state index contributed by atoms with van der Waals surface area (Å²) in [6.45, 7) is 5.86. The molecule has 0 rings (SSSR count). The molecule has 3 nitrogen and oxygen atoms in total. The maximum Gasteiger partial charge on any atom is 0.0786 e. The second kappa shape index (κ2) is 4.93. The van der Waals surface area contributed by atoms with Crippen LogP contribution in [-0.4, -0.2) is 23.5 Å². The molecule has 0 saturated heterocycles. The van der Waals surface area contributed by atoms with Crippen LogP contribution in [0, 0.1) is 0 Å². The zero-order chi connectivity index (χ0) is 9.61. The Morgan fingerprint density at radius 1 is 1.58 bits per heavy atom. The van der Waals surface area contributed by atoms with E-state index in [-0.39, 0.29) is 0 Å². The first kappa shape index (κ1) is 11.2. The fourth-order valence-electron chi connectivity index (χ4n) is 0.638. The van der Waals surface area contributed by atoms with Gasteiger partial charge in [-0.25, -0.2) is 0 Å². The molecule has 0 bridgehead atoms. The second-order valence-electron chi connectivity index (χ2n) is 3.38. The molecule has 0 spiro atoms. The average molecular weight is 170 g/mol. The Balaban J connectivity index is 3.92. The van der Waals surface area contributed by atoms with Gasteiger partial charge in [0.2, 0.25) is 0 Å². The zero-order valence-corrected chi connectivity index (χ0v) is 8.04.